The predicted octanol–water partition coefficient (Wildman–Crippen LogP) is 2.81. The van der Waals surface area contributed by atoms with E-state index < -0.39 is 5.92 Å². The van der Waals surface area contributed by atoms with Gasteiger partial charge in [-0.05, 0) is 50.2 Å². The van der Waals surface area contributed by atoms with Gasteiger partial charge in [-0.3, -0.25) is 9.59 Å². The minimum Gasteiger partial charge on any atom is -0.497 e. The molecule has 1 saturated heterocycles. The van der Waals surface area contributed by atoms with Crippen molar-refractivity contribution < 1.29 is 28.5 Å². The monoisotopic (exact) mass is 440 g/mol. The van der Waals surface area contributed by atoms with Crippen LogP contribution < -0.4 is 24.3 Å². The number of nitrogens with one attached hydrogen (secondary N) is 1. The average Bonchev–Trinajstić information content (AvgIpc) is 3.44. The lowest BCUT2D eigenvalue weighted by molar-refractivity contribution is -0.125. The second-order valence-corrected chi connectivity index (χ2v) is 8.26. The Bertz CT molecular complexity index is 1020. The van der Waals surface area contributed by atoms with Gasteiger partial charge in [-0.25, -0.2) is 0 Å². The molecule has 2 unspecified atom stereocenters. The van der Waals surface area contributed by atoms with E-state index >= 15 is 0 Å². The predicted molar refractivity (Wildman–Crippen MR) is 118 cm³/mol. The van der Waals surface area contributed by atoms with E-state index in [-0.39, 0.29) is 30.6 Å². The molecule has 2 heterocycles. The molecule has 0 aromatic heterocycles. The first-order chi connectivity index (χ1) is 15.4. The van der Waals surface area contributed by atoms with Gasteiger partial charge in [0.15, 0.2) is 11.5 Å². The van der Waals surface area contributed by atoms with Gasteiger partial charge in [0.25, 0.3) is 5.91 Å². The molecule has 2 amide bonds. The van der Waals surface area contributed by atoms with Crippen molar-refractivity contribution in [3.05, 3.63) is 47.5 Å². The van der Waals surface area contributed by atoms with E-state index in [4.69, 9.17) is 18.9 Å². The second kappa shape index (κ2) is 8.98. The first kappa shape index (κ1) is 21.8. The van der Waals surface area contributed by atoms with Crippen LogP contribution in [0.25, 0.3) is 0 Å². The van der Waals surface area contributed by atoms with Crippen LogP contribution in [0.4, 0.5) is 0 Å². The fourth-order valence-electron chi connectivity index (χ4n) is 4.28. The second-order valence-electron chi connectivity index (χ2n) is 8.26. The maximum Gasteiger partial charge on any atom is 0.254 e. The molecular formula is C24H28N2O6. The number of amides is 2. The van der Waals surface area contributed by atoms with Gasteiger partial charge in [0, 0.05) is 36.2 Å². The van der Waals surface area contributed by atoms with Crippen molar-refractivity contribution in [1.29, 1.82) is 0 Å². The Morgan fingerprint density at radius 1 is 1.03 bits per heavy atom. The summed E-state index contributed by atoms with van der Waals surface area (Å²) in [6.45, 7) is 4.67. The fraction of sp³-hybridized carbons (Fsp3) is 0.417. The number of hydrogen-bond donors (Lipinski definition) is 1. The molecule has 0 bridgehead atoms. The molecule has 1 fully saturated rings. The lowest BCUT2D eigenvalue weighted by atomic mass is 9.87. The molecule has 2 aromatic rings. The highest BCUT2D eigenvalue weighted by Crippen LogP contribution is 2.40. The summed E-state index contributed by atoms with van der Waals surface area (Å²) in [6.07, 6.45) is 0. The number of ether oxygens (including phenoxy) is 4. The third-order valence-electron chi connectivity index (χ3n) is 5.83. The van der Waals surface area contributed by atoms with Crippen molar-refractivity contribution in [2.75, 3.05) is 34.1 Å². The van der Waals surface area contributed by atoms with Gasteiger partial charge >= 0.3 is 0 Å². The fourth-order valence-corrected chi connectivity index (χ4v) is 4.28. The number of nitrogens with zero attached hydrogens (tertiary/aromatic N) is 1. The zero-order valence-electron chi connectivity index (χ0n) is 18.7. The highest BCUT2D eigenvalue weighted by molar-refractivity contribution is 5.96. The van der Waals surface area contributed by atoms with Gasteiger partial charge in [-0.15, -0.1) is 0 Å². The number of rotatable bonds is 6. The number of carbonyl (C=O) groups excluding carboxylic acids is 2. The van der Waals surface area contributed by atoms with Crippen LogP contribution in [0.3, 0.4) is 0 Å². The van der Waals surface area contributed by atoms with Gasteiger partial charge in [-0.2, -0.15) is 0 Å². The Labute approximate surface area is 187 Å². The van der Waals surface area contributed by atoms with Gasteiger partial charge in [0.2, 0.25) is 12.7 Å². The van der Waals surface area contributed by atoms with Crippen LogP contribution in [0.2, 0.25) is 0 Å². The van der Waals surface area contributed by atoms with Gasteiger partial charge in [0.1, 0.15) is 11.5 Å². The summed E-state index contributed by atoms with van der Waals surface area (Å²) >= 11 is 0. The van der Waals surface area contributed by atoms with E-state index in [2.05, 4.69) is 5.32 Å². The molecule has 0 saturated carbocycles. The molecule has 0 spiro atoms. The third-order valence-corrected chi connectivity index (χ3v) is 5.83. The summed E-state index contributed by atoms with van der Waals surface area (Å²) in [4.78, 5) is 28.1. The van der Waals surface area contributed by atoms with Crippen LogP contribution in [0.5, 0.6) is 23.0 Å². The smallest absolute Gasteiger partial charge is 0.254 e. The van der Waals surface area contributed by atoms with E-state index in [1.54, 1.807) is 37.3 Å². The molecule has 2 aromatic carbocycles. The van der Waals surface area contributed by atoms with Crippen LogP contribution >= 0.6 is 0 Å². The first-order valence-electron chi connectivity index (χ1n) is 10.6. The van der Waals surface area contributed by atoms with Crippen LogP contribution in [0, 0.1) is 5.92 Å². The summed E-state index contributed by atoms with van der Waals surface area (Å²) < 4.78 is 21.7. The van der Waals surface area contributed by atoms with E-state index in [1.807, 2.05) is 32.0 Å². The van der Waals surface area contributed by atoms with Crippen LogP contribution in [-0.2, 0) is 4.79 Å². The number of hydrogen-bond acceptors (Lipinski definition) is 6. The number of likely N-dealkylation sites (tertiary alicyclic amines) is 1. The standard InChI is InChI=1S/C24H28N2O6/c1-14(2)25-23(27)19-12-26(24(28)15-5-7-21-22(9-15)32-13-31-21)11-18(19)17-10-16(29-3)6-8-20(17)30-4/h5-10,14,18-19H,11-13H2,1-4H3,(H,25,27). The summed E-state index contributed by atoms with van der Waals surface area (Å²) in [5.41, 5.74) is 1.34. The molecule has 2 aliphatic rings. The van der Waals surface area contributed by atoms with Gasteiger partial charge < -0.3 is 29.2 Å². The summed E-state index contributed by atoms with van der Waals surface area (Å²) in [5, 5.41) is 3.00. The molecule has 2 aliphatic heterocycles. The lowest BCUT2D eigenvalue weighted by Gasteiger charge is -2.22. The highest BCUT2D eigenvalue weighted by atomic mass is 16.7. The van der Waals surface area contributed by atoms with Gasteiger partial charge in [-0.1, -0.05) is 0 Å². The highest BCUT2D eigenvalue weighted by Gasteiger charge is 2.42. The SMILES string of the molecule is COc1ccc(OC)c(C2CN(C(=O)c3ccc4c(c3)OCO4)CC2C(=O)NC(C)C)c1. The Morgan fingerprint density at radius 3 is 2.53 bits per heavy atom. The average molecular weight is 440 g/mol. The Hall–Kier alpha value is -3.42. The summed E-state index contributed by atoms with van der Waals surface area (Å²) in [7, 11) is 3.19. The van der Waals surface area contributed by atoms with E-state index in [0.29, 0.717) is 41.7 Å². The Morgan fingerprint density at radius 2 is 1.81 bits per heavy atom. The Kier molecular flexibility index (Phi) is 6.12. The maximum atomic E-state index is 13.3. The molecule has 8 nitrogen and oxygen atoms in total. The maximum absolute atomic E-state index is 13.3. The van der Waals surface area contributed by atoms with Crippen molar-refractivity contribution >= 4 is 11.8 Å². The molecule has 0 radical (unpaired) electrons. The molecule has 32 heavy (non-hydrogen) atoms. The number of methoxy groups -OCH3 is 2. The lowest BCUT2D eigenvalue weighted by Crippen LogP contribution is -2.39. The van der Waals surface area contributed by atoms with Crippen molar-refractivity contribution in [2.45, 2.75) is 25.8 Å². The minimum atomic E-state index is -0.420. The quantitative estimate of drug-likeness (QED) is 0.744. The molecule has 4 rings (SSSR count). The molecule has 170 valence electrons. The van der Waals surface area contributed by atoms with Crippen LogP contribution in [-0.4, -0.2) is 56.9 Å². The number of benzene rings is 2. The summed E-state index contributed by atoms with van der Waals surface area (Å²) in [5.74, 6) is 1.60. The van der Waals surface area contributed by atoms with Crippen molar-refractivity contribution in [2.24, 2.45) is 5.92 Å². The van der Waals surface area contributed by atoms with E-state index in [0.717, 1.165) is 5.56 Å². The third kappa shape index (κ3) is 4.17. The van der Waals surface area contributed by atoms with Crippen molar-refractivity contribution in [1.82, 2.24) is 10.2 Å². The first-order valence-corrected chi connectivity index (χ1v) is 10.6. The normalized spacial score (nSPS) is 19.2. The molecule has 2 atom stereocenters. The number of carbonyl (C=O) groups is 2. The largest absolute Gasteiger partial charge is 0.497 e. The van der Waals surface area contributed by atoms with Crippen LogP contribution in [0.15, 0.2) is 36.4 Å². The van der Waals surface area contributed by atoms with Crippen molar-refractivity contribution in [3.63, 3.8) is 0 Å². The zero-order chi connectivity index (χ0) is 22.8. The Balaban J connectivity index is 1.66. The van der Waals surface area contributed by atoms with Gasteiger partial charge in [0.05, 0.1) is 20.1 Å². The summed E-state index contributed by atoms with van der Waals surface area (Å²) in [6, 6.07) is 10.7. The molecule has 8 heteroatoms. The van der Waals surface area contributed by atoms with Crippen LogP contribution in [0.1, 0.15) is 35.7 Å². The molecule has 0 aliphatic carbocycles. The topological polar surface area (TPSA) is 86.3 Å². The molecular weight excluding hydrogens is 412 g/mol. The minimum absolute atomic E-state index is 0.00559. The number of fused-ring (bicyclic) bond motifs is 1. The molecule has 1 N–H and O–H groups in total. The zero-order valence-corrected chi connectivity index (χ0v) is 18.7. The van der Waals surface area contributed by atoms with E-state index in [9.17, 15) is 9.59 Å². The van der Waals surface area contributed by atoms with Crippen molar-refractivity contribution in [3.8, 4) is 23.0 Å². The van der Waals surface area contributed by atoms with E-state index in [1.165, 1.54) is 0 Å².